The Morgan fingerprint density at radius 3 is 1.62 bits per heavy atom. The number of allylic oxidation sites excluding steroid dienone is 10. The van der Waals surface area contributed by atoms with Gasteiger partial charge in [-0.05, 0) is 22.2 Å². The molecule has 2 aliphatic carbocycles. The minimum Gasteiger partial charge on any atom is -0.0800 e. The van der Waals surface area contributed by atoms with Crippen LogP contribution in [-0.4, -0.2) is 16.1 Å². The predicted octanol–water partition coefficient (Wildman–Crippen LogP) is 8.64. The molecule has 0 amide bonds. The Morgan fingerprint density at radius 2 is 1.09 bits per heavy atom. The Balaban J connectivity index is 1.90. The number of hydrogen-bond donors (Lipinski definition) is 0. The molecule has 0 heterocycles. The number of hydrogen-bond acceptors (Lipinski definition) is 0. The fourth-order valence-electron chi connectivity index (χ4n) is 4.76. The van der Waals surface area contributed by atoms with Gasteiger partial charge in [-0.1, -0.05) is 158 Å². The highest BCUT2D eigenvalue weighted by Gasteiger charge is 2.37. The van der Waals surface area contributed by atoms with Crippen molar-refractivity contribution in [3.63, 3.8) is 0 Å². The summed E-state index contributed by atoms with van der Waals surface area (Å²) in [5.41, 5.74) is 3.72. The van der Waals surface area contributed by atoms with E-state index in [2.05, 4.69) is 148 Å². The first kappa shape index (κ1) is 22.5. The van der Waals surface area contributed by atoms with Crippen molar-refractivity contribution >= 4 is 27.4 Å². The van der Waals surface area contributed by atoms with Gasteiger partial charge in [0.2, 0.25) is 0 Å². The van der Waals surface area contributed by atoms with Crippen LogP contribution in [0.4, 0.5) is 0 Å². The molecule has 2 heteroatoms. The van der Waals surface area contributed by atoms with Crippen LogP contribution in [0.15, 0.2) is 121 Å². The van der Waals surface area contributed by atoms with Gasteiger partial charge in [0.05, 0.1) is 16.1 Å². The van der Waals surface area contributed by atoms with Crippen molar-refractivity contribution in [2.24, 2.45) is 0 Å². The summed E-state index contributed by atoms with van der Waals surface area (Å²) in [5.74, 6) is 0. The van der Waals surface area contributed by atoms with Crippen LogP contribution >= 0.6 is 0 Å². The van der Waals surface area contributed by atoms with Crippen molar-refractivity contribution in [3.05, 3.63) is 132 Å². The molecule has 32 heavy (non-hydrogen) atoms. The first-order valence-electron chi connectivity index (χ1n) is 11.6. The average molecular weight is 451 g/mol. The Kier molecular flexibility index (Phi) is 6.64. The lowest BCUT2D eigenvalue weighted by molar-refractivity contribution is 1.29. The second-order valence-corrected chi connectivity index (χ2v) is 19.3. The van der Waals surface area contributed by atoms with E-state index in [1.54, 1.807) is 5.20 Å². The molecule has 0 radical (unpaired) electrons. The van der Waals surface area contributed by atoms with Gasteiger partial charge in [0, 0.05) is 0 Å². The second kappa shape index (κ2) is 9.44. The van der Waals surface area contributed by atoms with Crippen molar-refractivity contribution in [1.82, 2.24) is 0 Å². The van der Waals surface area contributed by atoms with E-state index in [9.17, 15) is 0 Å². The van der Waals surface area contributed by atoms with E-state index in [1.165, 1.54) is 16.3 Å². The summed E-state index contributed by atoms with van der Waals surface area (Å²) in [6.07, 6.45) is 23.5. The molecule has 0 saturated carbocycles. The first-order valence-corrected chi connectivity index (χ1v) is 17.8. The standard InChI is InChI=1S/C30H34Si2/c1-31(2,27-19-11-12-20-27)29(23-25-15-7-5-8-16-25)24-30(26-17-9-6-10-18-26)32(3,4)28-21-13-14-22-28/h5-24,27-28H,1-4H3/b29-23+,30-24+. The molecule has 2 aliphatic rings. The third-order valence-electron chi connectivity index (χ3n) is 7.11. The molecule has 0 nitrogen and oxygen atoms in total. The lowest BCUT2D eigenvalue weighted by Crippen LogP contribution is -2.36. The smallest absolute Gasteiger partial charge is 0.0800 e. The normalized spacial score (nSPS) is 17.6. The van der Waals surface area contributed by atoms with Gasteiger partial charge in [0.15, 0.2) is 0 Å². The fourth-order valence-corrected chi connectivity index (χ4v) is 10.5. The van der Waals surface area contributed by atoms with Crippen LogP contribution in [0, 0.1) is 0 Å². The van der Waals surface area contributed by atoms with E-state index in [1.807, 2.05) is 0 Å². The molecule has 0 bridgehead atoms. The second-order valence-electron chi connectivity index (χ2n) is 9.97. The third kappa shape index (κ3) is 4.72. The Bertz CT molecular complexity index is 1090. The molecular weight excluding hydrogens is 417 g/mol. The lowest BCUT2D eigenvalue weighted by Gasteiger charge is -2.34. The molecule has 0 N–H and O–H groups in total. The van der Waals surface area contributed by atoms with Crippen LogP contribution in [0.1, 0.15) is 11.1 Å². The van der Waals surface area contributed by atoms with E-state index < -0.39 is 16.1 Å². The average Bonchev–Trinajstić information content (AvgIpc) is 3.53. The predicted molar refractivity (Wildman–Crippen MR) is 148 cm³/mol. The summed E-state index contributed by atoms with van der Waals surface area (Å²) < 4.78 is 0. The summed E-state index contributed by atoms with van der Waals surface area (Å²) in [6.45, 7) is 10.1. The molecule has 2 aromatic rings. The van der Waals surface area contributed by atoms with Crippen LogP contribution in [0.2, 0.25) is 37.3 Å². The van der Waals surface area contributed by atoms with E-state index in [0.717, 1.165) is 0 Å². The summed E-state index contributed by atoms with van der Waals surface area (Å²) in [7, 11) is -3.61. The quantitative estimate of drug-likeness (QED) is 0.292. The zero-order chi connectivity index (χ0) is 22.6. The molecule has 0 atom stereocenters. The van der Waals surface area contributed by atoms with Crippen LogP contribution in [0.5, 0.6) is 0 Å². The zero-order valence-corrected chi connectivity index (χ0v) is 21.7. The highest BCUT2D eigenvalue weighted by molar-refractivity contribution is 6.97. The molecule has 0 spiro atoms. The van der Waals surface area contributed by atoms with E-state index in [-0.39, 0.29) is 0 Å². The summed E-state index contributed by atoms with van der Waals surface area (Å²) in [5, 5.41) is 3.07. The number of benzene rings is 2. The SMILES string of the molecule is C[Si](C)(C(=C/c1ccccc1)/C=C(\c1ccccc1)[Si](C)(C)C1C=CC=C1)C1C=CC=C1. The lowest BCUT2D eigenvalue weighted by atomic mass is 10.2. The maximum Gasteiger partial charge on any atom is 0.0919 e. The van der Waals surface area contributed by atoms with E-state index in [4.69, 9.17) is 0 Å². The third-order valence-corrected chi connectivity index (χ3v) is 14.8. The van der Waals surface area contributed by atoms with Gasteiger partial charge in [-0.3, -0.25) is 0 Å². The van der Waals surface area contributed by atoms with Gasteiger partial charge < -0.3 is 0 Å². The van der Waals surface area contributed by atoms with Crippen molar-refractivity contribution < 1.29 is 0 Å². The molecule has 0 fully saturated rings. The van der Waals surface area contributed by atoms with Gasteiger partial charge in [0.1, 0.15) is 0 Å². The van der Waals surface area contributed by atoms with Crippen LogP contribution < -0.4 is 0 Å². The topological polar surface area (TPSA) is 0 Å². The maximum atomic E-state index is 2.60. The van der Waals surface area contributed by atoms with Gasteiger partial charge >= 0.3 is 0 Å². The maximum absolute atomic E-state index is 2.60. The van der Waals surface area contributed by atoms with Crippen LogP contribution in [0.25, 0.3) is 11.3 Å². The molecular formula is C30H34Si2. The van der Waals surface area contributed by atoms with Gasteiger partial charge in [-0.15, -0.1) is 0 Å². The van der Waals surface area contributed by atoms with Gasteiger partial charge in [-0.25, -0.2) is 0 Å². The summed E-state index contributed by atoms with van der Waals surface area (Å²) in [4.78, 5) is 0. The van der Waals surface area contributed by atoms with E-state index in [0.29, 0.717) is 11.1 Å². The van der Waals surface area contributed by atoms with Crippen molar-refractivity contribution in [2.45, 2.75) is 37.3 Å². The van der Waals surface area contributed by atoms with Crippen LogP contribution in [0.3, 0.4) is 0 Å². The molecule has 0 unspecified atom stereocenters. The summed E-state index contributed by atoms with van der Waals surface area (Å²) >= 11 is 0. The summed E-state index contributed by atoms with van der Waals surface area (Å²) in [6, 6.07) is 21.9. The monoisotopic (exact) mass is 450 g/mol. The minimum absolute atomic E-state index is 0.529. The Morgan fingerprint density at radius 1 is 0.625 bits per heavy atom. The van der Waals surface area contributed by atoms with Gasteiger partial charge in [0.25, 0.3) is 0 Å². The highest BCUT2D eigenvalue weighted by atomic mass is 28.3. The highest BCUT2D eigenvalue weighted by Crippen LogP contribution is 2.42. The molecule has 4 rings (SSSR count). The Hall–Kier alpha value is -2.69. The van der Waals surface area contributed by atoms with E-state index >= 15 is 0 Å². The van der Waals surface area contributed by atoms with Crippen molar-refractivity contribution in [3.8, 4) is 0 Å². The minimum atomic E-state index is -1.81. The first-order chi connectivity index (χ1) is 15.4. The molecule has 0 saturated heterocycles. The van der Waals surface area contributed by atoms with Crippen molar-refractivity contribution in [1.29, 1.82) is 0 Å². The molecule has 2 aromatic carbocycles. The van der Waals surface area contributed by atoms with Crippen molar-refractivity contribution in [2.75, 3.05) is 0 Å². The molecule has 0 aromatic heterocycles. The Labute approximate surface area is 196 Å². The molecule has 0 aliphatic heterocycles. The zero-order valence-electron chi connectivity index (χ0n) is 19.7. The van der Waals surface area contributed by atoms with Crippen LogP contribution in [-0.2, 0) is 0 Å². The van der Waals surface area contributed by atoms with Gasteiger partial charge in [-0.2, -0.15) is 0 Å². The fraction of sp³-hybridized carbons (Fsp3) is 0.200. The largest absolute Gasteiger partial charge is 0.0919 e. The molecule has 162 valence electrons. The number of rotatable bonds is 7.